The van der Waals surface area contributed by atoms with Crippen molar-refractivity contribution in [3.8, 4) is 17.1 Å². The number of aliphatic hydroxyl groups is 1. The van der Waals surface area contributed by atoms with Gasteiger partial charge in [0.25, 0.3) is 11.5 Å². The number of hydrogen-bond acceptors (Lipinski definition) is 11. The van der Waals surface area contributed by atoms with E-state index in [0.717, 1.165) is 59.0 Å². The standard InChI is InChI=1S/C46H57N7O9/c1-10-46(59)35-21-37-39-33(23-52(37)42(56)34(35)25-61-43(46)57)32(30-20-38(60-9)31(41(55)47-6)19-36(30)50-39)22-51-17-15-29(16-18-51)53(7,8)24-27-11-13-28(14-12-27)49-40(54)26(2)48-44(58)62-45(3,4)5/h11-14,19-21,26,29,59H,10,15-18,22-25H2,1-9H3,(H2-,47,48,49,54,55,58)/p+1/t26-,46-/m0/s1. The lowest BCUT2D eigenvalue weighted by molar-refractivity contribution is -0.929. The average Bonchev–Trinajstić information content (AvgIpc) is 3.60. The molecule has 330 valence electrons. The molecule has 0 spiro atoms. The van der Waals surface area contributed by atoms with E-state index in [4.69, 9.17) is 19.2 Å². The molecule has 1 saturated heterocycles. The van der Waals surface area contributed by atoms with Crippen molar-refractivity contribution < 1.29 is 43.0 Å². The number of rotatable bonds is 11. The van der Waals surface area contributed by atoms with E-state index in [1.54, 1.807) is 58.4 Å². The van der Waals surface area contributed by atoms with Gasteiger partial charge in [0.15, 0.2) is 5.60 Å². The summed E-state index contributed by atoms with van der Waals surface area (Å²) in [5.74, 6) is -1.05. The summed E-state index contributed by atoms with van der Waals surface area (Å²) in [6.45, 7) is 11.6. The van der Waals surface area contributed by atoms with E-state index in [1.807, 2.05) is 30.3 Å². The molecule has 4 aromatic rings. The number of likely N-dealkylation sites (tertiary alicyclic amines) is 1. The minimum absolute atomic E-state index is 0.0368. The van der Waals surface area contributed by atoms with Crippen molar-refractivity contribution in [2.24, 2.45) is 0 Å². The molecule has 4 N–H and O–H groups in total. The van der Waals surface area contributed by atoms with Crippen LogP contribution in [-0.2, 0) is 50.9 Å². The highest BCUT2D eigenvalue weighted by molar-refractivity contribution is 6.02. The van der Waals surface area contributed by atoms with Crippen molar-refractivity contribution in [3.63, 3.8) is 0 Å². The zero-order valence-corrected chi connectivity index (χ0v) is 37.1. The zero-order chi connectivity index (χ0) is 44.9. The number of alkyl carbamates (subject to hydrolysis) is 1. The first-order valence-corrected chi connectivity index (χ1v) is 21.1. The van der Waals surface area contributed by atoms with Gasteiger partial charge in [-0.2, -0.15) is 0 Å². The first kappa shape index (κ1) is 44.2. The number of esters is 1. The number of nitrogens with zero attached hydrogens (tertiary/aromatic N) is 4. The monoisotopic (exact) mass is 852 g/mol. The summed E-state index contributed by atoms with van der Waals surface area (Å²) in [5, 5.41) is 20.4. The van der Waals surface area contributed by atoms with E-state index < -0.39 is 29.3 Å². The molecule has 0 unspecified atom stereocenters. The number of aromatic nitrogens is 2. The van der Waals surface area contributed by atoms with E-state index >= 15 is 0 Å². The quantitative estimate of drug-likeness (QED) is 0.108. The topological polar surface area (TPSA) is 190 Å². The molecule has 3 aliphatic rings. The smallest absolute Gasteiger partial charge is 0.408 e. The molecule has 2 aromatic carbocycles. The van der Waals surface area contributed by atoms with Gasteiger partial charge in [-0.3, -0.25) is 19.3 Å². The second kappa shape index (κ2) is 16.8. The van der Waals surface area contributed by atoms with Crippen LogP contribution in [-0.4, -0.2) is 107 Å². The van der Waals surface area contributed by atoms with Gasteiger partial charge in [-0.05, 0) is 70.0 Å². The van der Waals surface area contributed by atoms with Crippen LogP contribution in [0.4, 0.5) is 10.5 Å². The zero-order valence-electron chi connectivity index (χ0n) is 37.1. The second-order valence-electron chi connectivity index (χ2n) is 18.2. The number of quaternary nitrogens is 1. The van der Waals surface area contributed by atoms with E-state index in [0.29, 0.717) is 46.5 Å². The van der Waals surface area contributed by atoms with Crippen LogP contribution in [0.25, 0.3) is 22.3 Å². The van der Waals surface area contributed by atoms with Crippen LogP contribution in [0.1, 0.15) is 92.1 Å². The van der Waals surface area contributed by atoms with Gasteiger partial charge in [0.1, 0.15) is 30.5 Å². The first-order valence-electron chi connectivity index (χ1n) is 21.1. The van der Waals surface area contributed by atoms with Crippen molar-refractivity contribution >= 4 is 40.5 Å². The number of ether oxygens (including phenoxy) is 3. The molecule has 62 heavy (non-hydrogen) atoms. The number of piperidine rings is 1. The minimum atomic E-state index is -1.95. The summed E-state index contributed by atoms with van der Waals surface area (Å²) in [7, 11) is 7.57. The number of carbonyl (C=O) groups is 4. The van der Waals surface area contributed by atoms with Gasteiger partial charge in [-0.25, -0.2) is 14.6 Å². The maximum Gasteiger partial charge on any atom is 0.408 e. The number of benzene rings is 2. The largest absolute Gasteiger partial charge is 0.496 e. The highest BCUT2D eigenvalue weighted by Gasteiger charge is 2.46. The summed E-state index contributed by atoms with van der Waals surface area (Å²) in [5.41, 5.74) is 3.10. The molecule has 3 amide bonds. The first-order chi connectivity index (χ1) is 29.3. The molecular weight excluding hydrogens is 795 g/mol. The Bertz CT molecular complexity index is 2500. The number of pyridine rings is 2. The number of fused-ring (bicyclic) bond motifs is 5. The third-order valence-corrected chi connectivity index (χ3v) is 12.5. The van der Waals surface area contributed by atoms with Gasteiger partial charge in [-0.1, -0.05) is 19.1 Å². The number of cyclic esters (lactones) is 1. The van der Waals surface area contributed by atoms with Crippen LogP contribution < -0.4 is 26.2 Å². The fraction of sp³-hybridized carbons (Fsp3) is 0.478. The predicted molar refractivity (Wildman–Crippen MR) is 232 cm³/mol. The Morgan fingerprint density at radius 3 is 2.39 bits per heavy atom. The lowest BCUT2D eigenvalue weighted by Crippen LogP contribution is -2.53. The van der Waals surface area contributed by atoms with Crippen molar-refractivity contribution in [1.82, 2.24) is 25.1 Å². The molecule has 0 aliphatic carbocycles. The van der Waals surface area contributed by atoms with Gasteiger partial charge in [0.05, 0.1) is 61.8 Å². The molecule has 2 aromatic heterocycles. The van der Waals surface area contributed by atoms with Gasteiger partial charge in [0.2, 0.25) is 5.91 Å². The molecule has 16 heteroatoms. The Hall–Kier alpha value is -5.84. The van der Waals surface area contributed by atoms with Crippen LogP contribution in [0.5, 0.6) is 5.75 Å². The van der Waals surface area contributed by atoms with Gasteiger partial charge in [0, 0.05) is 67.3 Å². The van der Waals surface area contributed by atoms with Gasteiger partial charge >= 0.3 is 12.1 Å². The summed E-state index contributed by atoms with van der Waals surface area (Å²) in [6.07, 6.45) is 1.26. The fourth-order valence-electron chi connectivity index (χ4n) is 8.94. The van der Waals surface area contributed by atoms with Crippen LogP contribution >= 0.6 is 0 Å². The Balaban J connectivity index is 1.10. The Morgan fingerprint density at radius 2 is 1.76 bits per heavy atom. The number of amides is 3. The minimum Gasteiger partial charge on any atom is -0.496 e. The predicted octanol–water partition coefficient (Wildman–Crippen LogP) is 4.54. The Morgan fingerprint density at radius 1 is 1.06 bits per heavy atom. The van der Waals surface area contributed by atoms with E-state index in [-0.39, 0.29) is 48.1 Å². The third kappa shape index (κ3) is 8.50. The molecule has 3 aliphatic heterocycles. The van der Waals surface area contributed by atoms with Crippen LogP contribution in [0.2, 0.25) is 0 Å². The maximum absolute atomic E-state index is 14.1. The normalized spacial score (nSPS) is 18.3. The van der Waals surface area contributed by atoms with E-state index in [1.165, 1.54) is 7.11 Å². The molecule has 0 bridgehead atoms. The van der Waals surface area contributed by atoms with Crippen molar-refractivity contribution in [3.05, 3.63) is 86.2 Å². The molecular formula is C46H58N7O9+. The lowest BCUT2D eigenvalue weighted by atomic mass is 9.86. The van der Waals surface area contributed by atoms with Crippen LogP contribution in [0, 0.1) is 0 Å². The number of carbonyl (C=O) groups excluding carboxylic acids is 4. The fourth-order valence-corrected chi connectivity index (χ4v) is 8.94. The SMILES string of the molecule is CC[C@@]1(O)C(=O)OCc2c1cc1n(c2=O)Cc2c-1nc1cc(C(=O)NC)c(OC)cc1c2CN1CCC([N+](C)(C)Cc2ccc(NC(=O)[C@H](C)NC(=O)OC(C)(C)C)cc2)CC1. The summed E-state index contributed by atoms with van der Waals surface area (Å²) >= 11 is 0. The Kier molecular flexibility index (Phi) is 12.0. The van der Waals surface area contributed by atoms with Crippen LogP contribution in [0.3, 0.4) is 0 Å². The number of nitrogens with one attached hydrogen (secondary N) is 3. The average molecular weight is 853 g/mol. The van der Waals surface area contributed by atoms with Crippen molar-refractivity contribution in [1.29, 1.82) is 0 Å². The summed E-state index contributed by atoms with van der Waals surface area (Å²) < 4.78 is 18.7. The summed E-state index contributed by atoms with van der Waals surface area (Å²) in [4.78, 5) is 72.3. The molecule has 1 fully saturated rings. The van der Waals surface area contributed by atoms with E-state index in [2.05, 4.69) is 34.9 Å². The van der Waals surface area contributed by atoms with E-state index in [9.17, 15) is 29.1 Å². The van der Waals surface area contributed by atoms with Gasteiger partial charge < -0.3 is 44.3 Å². The maximum atomic E-state index is 14.1. The molecule has 0 saturated carbocycles. The molecule has 7 rings (SSSR count). The number of anilines is 1. The molecule has 2 atom stereocenters. The van der Waals surface area contributed by atoms with Crippen molar-refractivity contribution in [2.75, 3.05) is 46.7 Å². The van der Waals surface area contributed by atoms with Crippen molar-refractivity contribution in [2.45, 2.75) is 103 Å². The number of methoxy groups -OCH3 is 1. The highest BCUT2D eigenvalue weighted by atomic mass is 16.6. The molecule has 0 radical (unpaired) electrons. The highest BCUT2D eigenvalue weighted by Crippen LogP contribution is 2.42. The second-order valence-corrected chi connectivity index (χ2v) is 18.2. The third-order valence-electron chi connectivity index (χ3n) is 12.5. The Labute approximate surface area is 361 Å². The molecule has 5 heterocycles. The van der Waals surface area contributed by atoms with Crippen LogP contribution in [0.15, 0.2) is 47.3 Å². The molecule has 16 nitrogen and oxygen atoms in total. The number of hydrogen-bond donors (Lipinski definition) is 4. The lowest BCUT2D eigenvalue weighted by Gasteiger charge is -2.43. The van der Waals surface area contributed by atoms with Gasteiger partial charge in [-0.15, -0.1) is 0 Å². The summed E-state index contributed by atoms with van der Waals surface area (Å²) in [6, 6.07) is 12.6.